The summed E-state index contributed by atoms with van der Waals surface area (Å²) in [6.07, 6.45) is 10.1. The highest BCUT2D eigenvalue weighted by Gasteiger charge is 2.47. The van der Waals surface area contributed by atoms with Crippen molar-refractivity contribution in [2.24, 2.45) is 11.3 Å². The molecule has 1 aromatic rings. The van der Waals surface area contributed by atoms with E-state index in [1.807, 2.05) is 30.3 Å². The van der Waals surface area contributed by atoms with E-state index in [-0.39, 0.29) is 5.41 Å². The number of hydrogen-bond acceptors (Lipinski definition) is 2. The number of allylic oxidation sites excluding steroid dienone is 4. The molecule has 1 aromatic carbocycles. The first-order valence-corrected chi connectivity index (χ1v) is 8.06. The maximum atomic E-state index is 13.1. The van der Waals surface area contributed by atoms with Crippen molar-refractivity contribution in [2.45, 2.75) is 25.7 Å². The maximum Gasteiger partial charge on any atom is 0.203 e. The Morgan fingerprint density at radius 2 is 2.00 bits per heavy atom. The summed E-state index contributed by atoms with van der Waals surface area (Å²) in [4.78, 5) is 13.1. The molecule has 2 unspecified atom stereocenters. The van der Waals surface area contributed by atoms with Crippen LogP contribution in [0.25, 0.3) is 0 Å². The van der Waals surface area contributed by atoms with E-state index in [2.05, 4.69) is 18.2 Å². The van der Waals surface area contributed by atoms with Crippen LogP contribution in [-0.2, 0) is 4.43 Å². The monoisotopic (exact) mass is 284 g/mol. The number of carbonyl (C=O) groups excluding carboxylic acids is 1. The molecule has 0 bridgehead atoms. The average Bonchev–Trinajstić information content (AvgIpc) is 2.54. The molecule has 2 nitrogen and oxygen atoms in total. The lowest BCUT2D eigenvalue weighted by Gasteiger charge is -2.43. The SMILES string of the molecule is O=C(c1ccccc1)C12CC=CCC1CC(O[SiH3])=CC2. The normalized spacial score (nSPS) is 28.6. The summed E-state index contributed by atoms with van der Waals surface area (Å²) in [5.74, 6) is 1.78. The molecule has 2 atom stereocenters. The summed E-state index contributed by atoms with van der Waals surface area (Å²) < 4.78 is 5.54. The van der Waals surface area contributed by atoms with E-state index in [0.717, 1.165) is 47.5 Å². The van der Waals surface area contributed by atoms with Crippen LogP contribution in [0.5, 0.6) is 0 Å². The molecule has 0 amide bonds. The van der Waals surface area contributed by atoms with E-state index in [4.69, 9.17) is 4.43 Å². The fourth-order valence-electron chi connectivity index (χ4n) is 3.51. The average molecular weight is 284 g/mol. The van der Waals surface area contributed by atoms with Crippen molar-refractivity contribution in [3.05, 3.63) is 59.9 Å². The summed E-state index contributed by atoms with van der Waals surface area (Å²) >= 11 is 0. The molecular formula is C17H20O2Si. The molecule has 0 radical (unpaired) electrons. The summed E-state index contributed by atoms with van der Waals surface area (Å²) in [5, 5.41) is 0. The third-order valence-electron chi connectivity index (χ3n) is 4.74. The Kier molecular flexibility index (Phi) is 3.62. The minimum Gasteiger partial charge on any atom is -0.556 e. The van der Waals surface area contributed by atoms with Crippen LogP contribution in [0.1, 0.15) is 36.0 Å². The molecule has 0 heterocycles. The summed E-state index contributed by atoms with van der Waals surface area (Å²) in [6, 6.07) is 9.73. The van der Waals surface area contributed by atoms with Gasteiger partial charge >= 0.3 is 0 Å². The van der Waals surface area contributed by atoms with Gasteiger partial charge in [0.15, 0.2) is 5.78 Å². The van der Waals surface area contributed by atoms with Gasteiger partial charge in [0.25, 0.3) is 0 Å². The highest BCUT2D eigenvalue weighted by molar-refractivity contribution is 6.01. The molecule has 2 aliphatic rings. The van der Waals surface area contributed by atoms with E-state index in [1.165, 1.54) is 0 Å². The predicted molar refractivity (Wildman–Crippen MR) is 83.4 cm³/mol. The molecular weight excluding hydrogens is 264 g/mol. The molecule has 0 aliphatic heterocycles. The van der Waals surface area contributed by atoms with Gasteiger partial charge in [0.1, 0.15) is 0 Å². The van der Waals surface area contributed by atoms with Crippen LogP contribution in [0, 0.1) is 11.3 Å². The Bertz CT molecular complexity index is 562. The van der Waals surface area contributed by atoms with Crippen LogP contribution < -0.4 is 0 Å². The Labute approximate surface area is 123 Å². The van der Waals surface area contributed by atoms with Crippen molar-refractivity contribution in [1.82, 2.24) is 0 Å². The number of hydrogen-bond donors (Lipinski definition) is 0. The minimum atomic E-state index is -0.250. The highest BCUT2D eigenvalue weighted by Crippen LogP contribution is 2.49. The first-order chi connectivity index (χ1) is 9.76. The van der Waals surface area contributed by atoms with Gasteiger partial charge in [0.05, 0.1) is 5.76 Å². The van der Waals surface area contributed by atoms with Crippen molar-refractivity contribution >= 4 is 16.3 Å². The van der Waals surface area contributed by atoms with Crippen LogP contribution in [0.2, 0.25) is 0 Å². The van der Waals surface area contributed by atoms with Crippen LogP contribution in [-0.4, -0.2) is 16.3 Å². The second-order valence-electron chi connectivity index (χ2n) is 5.74. The second kappa shape index (κ2) is 5.41. The molecule has 104 valence electrons. The largest absolute Gasteiger partial charge is 0.556 e. The van der Waals surface area contributed by atoms with Gasteiger partial charge < -0.3 is 4.43 Å². The third-order valence-corrected chi connectivity index (χ3v) is 5.27. The molecule has 0 spiro atoms. The molecule has 3 heteroatoms. The van der Waals surface area contributed by atoms with E-state index in [1.54, 1.807) is 0 Å². The molecule has 0 saturated heterocycles. The van der Waals surface area contributed by atoms with Crippen LogP contribution in [0.4, 0.5) is 0 Å². The molecule has 3 rings (SSSR count). The lowest BCUT2D eigenvalue weighted by atomic mass is 9.60. The number of fused-ring (bicyclic) bond motifs is 1. The van der Waals surface area contributed by atoms with E-state index >= 15 is 0 Å². The molecule has 20 heavy (non-hydrogen) atoms. The van der Waals surface area contributed by atoms with Gasteiger partial charge in [0, 0.05) is 17.4 Å². The lowest BCUT2D eigenvalue weighted by Crippen LogP contribution is -2.41. The molecule has 0 saturated carbocycles. The first kappa shape index (κ1) is 13.4. The number of benzene rings is 1. The zero-order chi connectivity index (χ0) is 14.0. The topological polar surface area (TPSA) is 26.3 Å². The van der Waals surface area contributed by atoms with E-state index in [9.17, 15) is 4.79 Å². The Hall–Kier alpha value is -1.61. The second-order valence-corrected chi connectivity index (χ2v) is 6.15. The van der Waals surface area contributed by atoms with Gasteiger partial charge in [-0.05, 0) is 31.3 Å². The van der Waals surface area contributed by atoms with Crippen LogP contribution >= 0.6 is 0 Å². The van der Waals surface area contributed by atoms with Gasteiger partial charge in [0.2, 0.25) is 10.5 Å². The van der Waals surface area contributed by atoms with Crippen LogP contribution in [0.3, 0.4) is 0 Å². The summed E-state index contributed by atoms with van der Waals surface area (Å²) in [7, 11) is 0.728. The maximum absolute atomic E-state index is 13.1. The van der Waals surface area contributed by atoms with Gasteiger partial charge in [-0.25, -0.2) is 0 Å². The van der Waals surface area contributed by atoms with Gasteiger partial charge in [-0.1, -0.05) is 42.5 Å². The number of ketones is 1. The first-order valence-electron chi connectivity index (χ1n) is 7.24. The van der Waals surface area contributed by atoms with Crippen molar-refractivity contribution in [1.29, 1.82) is 0 Å². The number of Topliss-reactive ketones (excluding diaryl/α,β-unsaturated/α-hetero) is 1. The fraction of sp³-hybridized carbons (Fsp3) is 0.353. The Morgan fingerprint density at radius 1 is 1.20 bits per heavy atom. The summed E-state index contributed by atoms with van der Waals surface area (Å²) in [6.45, 7) is 0. The summed E-state index contributed by atoms with van der Waals surface area (Å²) in [5.41, 5.74) is 0.594. The lowest BCUT2D eigenvalue weighted by molar-refractivity contribution is 0.0613. The van der Waals surface area contributed by atoms with Crippen molar-refractivity contribution in [3.63, 3.8) is 0 Å². The predicted octanol–water partition coefficient (Wildman–Crippen LogP) is 2.80. The molecule has 0 N–H and O–H groups in total. The number of carbonyl (C=O) groups is 1. The van der Waals surface area contributed by atoms with Gasteiger partial charge in [-0.3, -0.25) is 4.79 Å². The standard InChI is InChI=1S/C17H20O2Si/c18-16(13-6-2-1-3-7-13)17-10-5-4-8-14(17)12-15(19-20)9-11-17/h1-7,9,14H,8,10-12H2,20H3. The number of rotatable bonds is 3. The Balaban J connectivity index is 1.97. The van der Waals surface area contributed by atoms with Gasteiger partial charge in [-0.15, -0.1) is 0 Å². The Morgan fingerprint density at radius 3 is 2.75 bits per heavy atom. The molecule has 0 aromatic heterocycles. The van der Waals surface area contributed by atoms with Crippen molar-refractivity contribution in [2.75, 3.05) is 0 Å². The zero-order valence-electron chi connectivity index (χ0n) is 11.8. The van der Waals surface area contributed by atoms with Crippen molar-refractivity contribution < 1.29 is 9.22 Å². The van der Waals surface area contributed by atoms with E-state index in [0.29, 0.717) is 11.7 Å². The molecule has 0 fully saturated rings. The van der Waals surface area contributed by atoms with E-state index < -0.39 is 0 Å². The smallest absolute Gasteiger partial charge is 0.203 e. The van der Waals surface area contributed by atoms with Crippen molar-refractivity contribution in [3.8, 4) is 0 Å². The minimum absolute atomic E-state index is 0.250. The van der Waals surface area contributed by atoms with Crippen LogP contribution in [0.15, 0.2) is 54.3 Å². The fourth-order valence-corrected chi connectivity index (χ4v) is 3.85. The molecule has 2 aliphatic carbocycles. The highest BCUT2D eigenvalue weighted by atomic mass is 28.2. The zero-order valence-corrected chi connectivity index (χ0v) is 13.8. The third kappa shape index (κ3) is 2.16. The quantitative estimate of drug-likeness (QED) is 0.485. The van der Waals surface area contributed by atoms with Gasteiger partial charge in [-0.2, -0.15) is 0 Å².